The number of amides is 1. The number of furan rings is 1. The van der Waals surface area contributed by atoms with Gasteiger partial charge in [-0.3, -0.25) is 4.79 Å². The summed E-state index contributed by atoms with van der Waals surface area (Å²) in [5.74, 6) is 1.01. The van der Waals surface area contributed by atoms with Crippen molar-refractivity contribution in [1.29, 1.82) is 0 Å². The molecule has 0 spiro atoms. The van der Waals surface area contributed by atoms with Crippen molar-refractivity contribution in [1.82, 2.24) is 5.43 Å². The van der Waals surface area contributed by atoms with Gasteiger partial charge < -0.3 is 4.42 Å². The first kappa shape index (κ1) is 18.2. The highest BCUT2D eigenvalue weighted by Crippen LogP contribution is 2.29. The van der Waals surface area contributed by atoms with E-state index in [0.29, 0.717) is 34.4 Å². The van der Waals surface area contributed by atoms with Crippen LogP contribution in [-0.2, 0) is 11.2 Å². The van der Waals surface area contributed by atoms with Gasteiger partial charge in [-0.15, -0.1) is 0 Å². The molecule has 0 aliphatic heterocycles. The lowest BCUT2D eigenvalue weighted by Gasteiger charge is -2.00. The highest BCUT2D eigenvalue weighted by molar-refractivity contribution is 6.42. The second-order valence-corrected chi connectivity index (χ2v) is 6.42. The first-order valence-electron chi connectivity index (χ1n) is 8.03. The van der Waals surface area contributed by atoms with Crippen LogP contribution in [0.1, 0.15) is 17.7 Å². The minimum absolute atomic E-state index is 0.152. The fraction of sp³-hybridized carbons (Fsp3) is 0.100. The van der Waals surface area contributed by atoms with Crippen molar-refractivity contribution in [3.8, 4) is 11.3 Å². The van der Waals surface area contributed by atoms with Crippen LogP contribution in [-0.4, -0.2) is 12.1 Å². The fourth-order valence-electron chi connectivity index (χ4n) is 2.35. The molecule has 1 heterocycles. The molecule has 1 aromatic heterocycles. The van der Waals surface area contributed by atoms with Crippen molar-refractivity contribution in [2.75, 3.05) is 0 Å². The number of benzene rings is 2. The predicted molar refractivity (Wildman–Crippen MR) is 105 cm³/mol. The third-order valence-corrected chi connectivity index (χ3v) is 4.43. The molecule has 0 aliphatic rings. The summed E-state index contributed by atoms with van der Waals surface area (Å²) in [5.41, 5.74) is 4.42. The van der Waals surface area contributed by atoms with Gasteiger partial charge in [0.25, 0.3) is 0 Å². The summed E-state index contributed by atoms with van der Waals surface area (Å²) in [4.78, 5) is 11.8. The van der Waals surface area contributed by atoms with Gasteiger partial charge in [0, 0.05) is 12.0 Å². The van der Waals surface area contributed by atoms with Crippen LogP contribution in [0.4, 0.5) is 0 Å². The molecule has 132 valence electrons. The van der Waals surface area contributed by atoms with E-state index in [1.165, 1.54) is 6.21 Å². The van der Waals surface area contributed by atoms with Crippen LogP contribution in [0.3, 0.4) is 0 Å². The summed E-state index contributed by atoms with van der Waals surface area (Å²) in [7, 11) is 0. The Morgan fingerprint density at radius 1 is 1.04 bits per heavy atom. The van der Waals surface area contributed by atoms with E-state index >= 15 is 0 Å². The fourth-order valence-corrected chi connectivity index (χ4v) is 2.65. The molecule has 3 rings (SSSR count). The molecule has 0 atom stereocenters. The van der Waals surface area contributed by atoms with E-state index in [-0.39, 0.29) is 5.91 Å². The van der Waals surface area contributed by atoms with Gasteiger partial charge >= 0.3 is 0 Å². The molecule has 0 unspecified atom stereocenters. The summed E-state index contributed by atoms with van der Waals surface area (Å²) < 4.78 is 5.67. The predicted octanol–water partition coefficient (Wildman–Crippen LogP) is 5.34. The molecule has 6 heteroatoms. The smallest absolute Gasteiger partial charge is 0.240 e. The normalized spacial score (nSPS) is 11.0. The number of carbonyl (C=O) groups is 1. The molecule has 1 amide bonds. The number of nitrogens with zero attached hydrogens (tertiary/aromatic N) is 1. The Morgan fingerprint density at radius 2 is 1.85 bits per heavy atom. The van der Waals surface area contributed by atoms with Crippen LogP contribution in [0.15, 0.2) is 70.2 Å². The number of nitrogens with one attached hydrogen (secondary N) is 1. The molecule has 4 nitrogen and oxygen atoms in total. The van der Waals surface area contributed by atoms with E-state index < -0.39 is 0 Å². The minimum atomic E-state index is -0.152. The summed E-state index contributed by atoms with van der Waals surface area (Å²) in [6, 6.07) is 18.7. The van der Waals surface area contributed by atoms with Crippen LogP contribution in [0.5, 0.6) is 0 Å². The summed E-state index contributed by atoms with van der Waals surface area (Å²) in [6.45, 7) is 0. The Labute approximate surface area is 161 Å². The van der Waals surface area contributed by atoms with E-state index in [1.807, 2.05) is 36.4 Å². The molecule has 2 aromatic carbocycles. The number of hydrazone groups is 1. The molecule has 0 aliphatic carbocycles. The van der Waals surface area contributed by atoms with Gasteiger partial charge in [-0.25, -0.2) is 5.43 Å². The Hall–Kier alpha value is -2.56. The zero-order valence-corrected chi connectivity index (χ0v) is 15.3. The van der Waals surface area contributed by atoms with Crippen molar-refractivity contribution in [2.45, 2.75) is 12.8 Å². The maximum atomic E-state index is 11.8. The molecule has 1 N–H and O–H groups in total. The summed E-state index contributed by atoms with van der Waals surface area (Å²) in [5, 5.41) is 4.87. The zero-order valence-electron chi connectivity index (χ0n) is 13.8. The highest BCUT2D eigenvalue weighted by Gasteiger charge is 2.06. The lowest BCUT2D eigenvalue weighted by Crippen LogP contribution is -2.17. The van der Waals surface area contributed by atoms with E-state index in [0.717, 1.165) is 11.1 Å². The maximum absolute atomic E-state index is 11.8. The first-order valence-corrected chi connectivity index (χ1v) is 8.78. The minimum Gasteiger partial charge on any atom is -0.455 e. The van der Waals surface area contributed by atoms with E-state index in [9.17, 15) is 4.79 Å². The topological polar surface area (TPSA) is 54.6 Å². The second kappa shape index (κ2) is 8.70. The lowest BCUT2D eigenvalue weighted by atomic mass is 10.1. The number of halogens is 2. The van der Waals surface area contributed by atoms with Crippen molar-refractivity contribution >= 4 is 35.3 Å². The third-order valence-electron chi connectivity index (χ3n) is 3.70. The number of carbonyl (C=O) groups excluding carboxylic acids is 1. The van der Waals surface area contributed by atoms with Crippen LogP contribution in [0.2, 0.25) is 10.0 Å². The molecule has 0 saturated carbocycles. The lowest BCUT2D eigenvalue weighted by molar-refractivity contribution is -0.121. The quantitative estimate of drug-likeness (QED) is 0.459. The van der Waals surface area contributed by atoms with Crippen LogP contribution in [0.25, 0.3) is 11.3 Å². The second-order valence-electron chi connectivity index (χ2n) is 5.61. The standard InChI is InChI=1S/C20H16Cl2N2O2/c21-17-9-7-15(12-18(17)22)19-10-8-16(26-19)13-23-24-20(25)11-6-14-4-2-1-3-5-14/h1-5,7-10,12-13H,6,11H2,(H,24,25)/b23-13+. The molecule has 0 saturated heterocycles. The first-order chi connectivity index (χ1) is 12.6. The number of hydrogen-bond acceptors (Lipinski definition) is 3. The highest BCUT2D eigenvalue weighted by atomic mass is 35.5. The van der Waals surface area contributed by atoms with Gasteiger partial charge in [0.15, 0.2) is 0 Å². The van der Waals surface area contributed by atoms with Crippen LogP contribution >= 0.6 is 23.2 Å². The van der Waals surface area contributed by atoms with E-state index in [2.05, 4.69) is 10.5 Å². The monoisotopic (exact) mass is 386 g/mol. The Balaban J connectivity index is 1.53. The largest absolute Gasteiger partial charge is 0.455 e. The molecule has 0 fully saturated rings. The molecular weight excluding hydrogens is 371 g/mol. The Kier molecular flexibility index (Phi) is 6.10. The molecule has 0 radical (unpaired) electrons. The van der Waals surface area contributed by atoms with Crippen LogP contribution in [0, 0.1) is 0 Å². The summed E-state index contributed by atoms with van der Waals surface area (Å²) >= 11 is 11.9. The average molecular weight is 387 g/mol. The van der Waals surface area contributed by atoms with Crippen molar-refractivity contribution < 1.29 is 9.21 Å². The summed E-state index contributed by atoms with van der Waals surface area (Å²) in [6.07, 6.45) is 2.50. The average Bonchev–Trinajstić information content (AvgIpc) is 3.12. The van der Waals surface area contributed by atoms with Crippen molar-refractivity contribution in [3.63, 3.8) is 0 Å². The van der Waals surface area contributed by atoms with Gasteiger partial charge in [-0.05, 0) is 42.3 Å². The number of rotatable bonds is 6. The van der Waals surface area contributed by atoms with Gasteiger partial charge in [0.05, 0.1) is 16.3 Å². The molecular formula is C20H16Cl2N2O2. The van der Waals surface area contributed by atoms with Gasteiger partial charge in [0.2, 0.25) is 5.91 Å². The van der Waals surface area contributed by atoms with Gasteiger partial charge in [-0.1, -0.05) is 53.5 Å². The Morgan fingerprint density at radius 3 is 2.62 bits per heavy atom. The SMILES string of the molecule is O=C(CCc1ccccc1)N/N=C/c1ccc(-c2ccc(Cl)c(Cl)c2)o1. The van der Waals surface area contributed by atoms with Crippen LogP contribution < -0.4 is 5.43 Å². The maximum Gasteiger partial charge on any atom is 0.240 e. The van der Waals surface area contributed by atoms with E-state index in [4.69, 9.17) is 27.6 Å². The molecule has 26 heavy (non-hydrogen) atoms. The molecule has 3 aromatic rings. The Bertz CT molecular complexity index is 921. The van der Waals surface area contributed by atoms with Gasteiger partial charge in [-0.2, -0.15) is 5.10 Å². The number of aryl methyl sites for hydroxylation is 1. The van der Waals surface area contributed by atoms with Crippen molar-refractivity contribution in [3.05, 3.63) is 82.0 Å². The third kappa shape index (κ3) is 4.97. The van der Waals surface area contributed by atoms with E-state index in [1.54, 1.807) is 24.3 Å². The number of hydrogen-bond donors (Lipinski definition) is 1. The molecule has 0 bridgehead atoms. The van der Waals surface area contributed by atoms with Crippen molar-refractivity contribution in [2.24, 2.45) is 5.10 Å². The van der Waals surface area contributed by atoms with Gasteiger partial charge in [0.1, 0.15) is 11.5 Å². The zero-order chi connectivity index (χ0) is 18.4.